The zero-order valence-electron chi connectivity index (χ0n) is 16.0. The van der Waals surface area contributed by atoms with Gasteiger partial charge in [-0.1, -0.05) is 17.7 Å². The van der Waals surface area contributed by atoms with E-state index < -0.39 is 35.3 Å². The molecule has 0 unspecified atom stereocenters. The second kappa shape index (κ2) is 6.60. The van der Waals surface area contributed by atoms with Crippen molar-refractivity contribution in [2.24, 2.45) is 11.8 Å². The minimum Gasteiger partial charge on any atom is -0.468 e. The maximum Gasteiger partial charge on any atom is 0.326 e. The third-order valence-corrected chi connectivity index (χ3v) is 5.63. The largest absolute Gasteiger partial charge is 0.468 e. The lowest BCUT2D eigenvalue weighted by Crippen LogP contribution is -2.54. The fourth-order valence-electron chi connectivity index (χ4n) is 4.27. The molecule has 2 amide bonds. The number of hydrogen-bond acceptors (Lipinski definition) is 6. The van der Waals surface area contributed by atoms with Gasteiger partial charge < -0.3 is 9.15 Å². The van der Waals surface area contributed by atoms with Crippen LogP contribution >= 0.6 is 0 Å². The number of furan rings is 1. The third-order valence-electron chi connectivity index (χ3n) is 5.63. The minimum absolute atomic E-state index is 0.183. The van der Waals surface area contributed by atoms with Crippen molar-refractivity contribution in [1.29, 1.82) is 0 Å². The molecule has 0 saturated carbocycles. The predicted octanol–water partition coefficient (Wildman–Crippen LogP) is 2.36. The molecule has 2 fully saturated rings. The van der Waals surface area contributed by atoms with Crippen molar-refractivity contribution in [2.45, 2.75) is 32.4 Å². The average molecular weight is 382 g/mol. The Balaban J connectivity index is 1.80. The van der Waals surface area contributed by atoms with Gasteiger partial charge in [-0.05, 0) is 45.0 Å². The summed E-state index contributed by atoms with van der Waals surface area (Å²) in [6.07, 6.45) is 1.50. The molecule has 7 nitrogen and oxygen atoms in total. The Morgan fingerprint density at radius 1 is 1.21 bits per heavy atom. The molecule has 2 aromatic rings. The van der Waals surface area contributed by atoms with Crippen molar-refractivity contribution in [3.8, 4) is 0 Å². The summed E-state index contributed by atoms with van der Waals surface area (Å²) in [7, 11) is 0. The Morgan fingerprint density at radius 2 is 1.93 bits per heavy atom. The van der Waals surface area contributed by atoms with E-state index in [-0.39, 0.29) is 12.5 Å². The summed E-state index contributed by atoms with van der Waals surface area (Å²) in [5, 5.41) is 3.16. The standard InChI is InChI=1S/C21H22N2O5/c1-4-27-20(26)21(3)16-15(17(22-21)14-6-5-11-28-14)18(24)23(19(16)25)13-9-7-12(2)8-10-13/h5-11,15-17,22H,4H2,1-3H3/t15-,16-,17-,21-/m0/s1. The van der Waals surface area contributed by atoms with Crippen molar-refractivity contribution in [1.82, 2.24) is 5.32 Å². The number of imide groups is 1. The number of amides is 2. The van der Waals surface area contributed by atoms with Crippen LogP contribution in [0.5, 0.6) is 0 Å². The molecule has 4 atom stereocenters. The Hall–Kier alpha value is -2.93. The third kappa shape index (κ3) is 2.57. The van der Waals surface area contributed by atoms with Crippen molar-refractivity contribution in [2.75, 3.05) is 11.5 Å². The number of nitrogens with one attached hydrogen (secondary N) is 1. The van der Waals surface area contributed by atoms with Gasteiger partial charge in [-0.3, -0.25) is 19.7 Å². The number of rotatable bonds is 4. The summed E-state index contributed by atoms with van der Waals surface area (Å²) in [5.74, 6) is -2.43. The molecule has 7 heteroatoms. The number of carbonyl (C=O) groups is 3. The lowest BCUT2D eigenvalue weighted by atomic mass is 9.81. The highest BCUT2D eigenvalue weighted by Crippen LogP contribution is 2.50. The van der Waals surface area contributed by atoms with Crippen LogP contribution in [0.1, 0.15) is 31.2 Å². The number of fused-ring (bicyclic) bond motifs is 1. The van der Waals surface area contributed by atoms with Gasteiger partial charge in [0.25, 0.3) is 0 Å². The Labute approximate surface area is 162 Å². The van der Waals surface area contributed by atoms with Crippen LogP contribution in [0.3, 0.4) is 0 Å². The van der Waals surface area contributed by atoms with Gasteiger partial charge in [0.1, 0.15) is 11.3 Å². The van der Waals surface area contributed by atoms with Gasteiger partial charge in [0.2, 0.25) is 11.8 Å². The zero-order valence-corrected chi connectivity index (χ0v) is 16.0. The molecular weight excluding hydrogens is 360 g/mol. The van der Waals surface area contributed by atoms with E-state index in [1.165, 1.54) is 11.2 Å². The Bertz CT molecular complexity index is 921. The van der Waals surface area contributed by atoms with Crippen molar-refractivity contribution < 1.29 is 23.5 Å². The van der Waals surface area contributed by atoms with Gasteiger partial charge >= 0.3 is 5.97 Å². The Morgan fingerprint density at radius 3 is 2.54 bits per heavy atom. The van der Waals surface area contributed by atoms with Gasteiger partial charge in [-0.2, -0.15) is 0 Å². The van der Waals surface area contributed by atoms with Crippen LogP contribution in [0.25, 0.3) is 0 Å². The van der Waals surface area contributed by atoms with Crippen LogP contribution in [0.2, 0.25) is 0 Å². The summed E-state index contributed by atoms with van der Waals surface area (Å²) in [4.78, 5) is 40.6. The zero-order chi connectivity index (χ0) is 20.1. The van der Waals surface area contributed by atoms with Crippen LogP contribution in [0.15, 0.2) is 47.1 Å². The first kappa shape index (κ1) is 18.4. The molecule has 0 radical (unpaired) electrons. The number of hydrogen-bond donors (Lipinski definition) is 1. The first-order chi connectivity index (χ1) is 13.4. The van der Waals surface area contributed by atoms with Crippen molar-refractivity contribution >= 4 is 23.5 Å². The van der Waals surface area contributed by atoms with Crippen LogP contribution < -0.4 is 10.2 Å². The maximum atomic E-state index is 13.3. The van der Waals surface area contributed by atoms with Gasteiger partial charge in [-0.15, -0.1) is 0 Å². The fraction of sp³-hybridized carbons (Fsp3) is 0.381. The molecule has 0 spiro atoms. The van der Waals surface area contributed by atoms with E-state index >= 15 is 0 Å². The molecule has 3 heterocycles. The topological polar surface area (TPSA) is 88.8 Å². The second-order valence-corrected chi connectivity index (χ2v) is 7.41. The predicted molar refractivity (Wildman–Crippen MR) is 100 cm³/mol. The van der Waals surface area contributed by atoms with E-state index in [1.807, 2.05) is 19.1 Å². The molecule has 28 heavy (non-hydrogen) atoms. The summed E-state index contributed by atoms with van der Waals surface area (Å²) in [5.41, 5.74) is 0.193. The van der Waals surface area contributed by atoms with E-state index in [9.17, 15) is 14.4 Å². The van der Waals surface area contributed by atoms with E-state index in [2.05, 4.69) is 5.32 Å². The SMILES string of the molecule is CCOC(=O)[C@@]1(C)N[C@@H](c2ccco2)[C@H]2C(=O)N(c3ccc(C)cc3)C(=O)[C@H]21. The molecule has 1 aromatic heterocycles. The number of ether oxygens (including phenoxy) is 1. The quantitative estimate of drug-likeness (QED) is 0.645. The lowest BCUT2D eigenvalue weighted by molar-refractivity contribution is -0.153. The molecular formula is C21H22N2O5. The van der Waals surface area contributed by atoms with Gasteiger partial charge in [0.15, 0.2) is 0 Å². The van der Waals surface area contributed by atoms with E-state index in [1.54, 1.807) is 38.1 Å². The van der Waals surface area contributed by atoms with Gasteiger partial charge in [0, 0.05) is 0 Å². The monoisotopic (exact) mass is 382 g/mol. The summed E-state index contributed by atoms with van der Waals surface area (Å²) in [6, 6.07) is 10.0. The molecule has 146 valence electrons. The summed E-state index contributed by atoms with van der Waals surface area (Å²) < 4.78 is 10.7. The maximum absolute atomic E-state index is 13.3. The summed E-state index contributed by atoms with van der Waals surface area (Å²) >= 11 is 0. The van der Waals surface area contributed by atoms with E-state index in [0.29, 0.717) is 11.4 Å². The number of carbonyl (C=O) groups excluding carboxylic acids is 3. The number of aryl methyl sites for hydroxylation is 1. The molecule has 2 aliphatic heterocycles. The smallest absolute Gasteiger partial charge is 0.326 e. The molecule has 2 saturated heterocycles. The van der Waals surface area contributed by atoms with Gasteiger partial charge in [0.05, 0.1) is 36.4 Å². The second-order valence-electron chi connectivity index (χ2n) is 7.41. The molecule has 2 aliphatic rings. The van der Waals surface area contributed by atoms with Crippen LogP contribution in [0, 0.1) is 18.8 Å². The van der Waals surface area contributed by atoms with Crippen molar-refractivity contribution in [3.63, 3.8) is 0 Å². The minimum atomic E-state index is -1.33. The first-order valence-electron chi connectivity index (χ1n) is 9.31. The fourth-order valence-corrected chi connectivity index (χ4v) is 4.27. The molecule has 0 bridgehead atoms. The van der Waals surface area contributed by atoms with Crippen LogP contribution in [0.4, 0.5) is 5.69 Å². The van der Waals surface area contributed by atoms with Crippen molar-refractivity contribution in [3.05, 3.63) is 54.0 Å². The van der Waals surface area contributed by atoms with Crippen LogP contribution in [-0.4, -0.2) is 29.9 Å². The van der Waals surface area contributed by atoms with E-state index in [0.717, 1.165) is 5.56 Å². The number of esters is 1. The highest BCUT2D eigenvalue weighted by atomic mass is 16.5. The summed E-state index contributed by atoms with van der Waals surface area (Å²) in [6.45, 7) is 5.44. The average Bonchev–Trinajstić information content (AvgIpc) is 3.35. The van der Waals surface area contributed by atoms with Gasteiger partial charge in [-0.25, -0.2) is 4.90 Å². The highest BCUT2D eigenvalue weighted by molar-refractivity contribution is 6.24. The number of benzene rings is 1. The number of nitrogens with zero attached hydrogens (tertiary/aromatic N) is 1. The normalized spacial score (nSPS) is 29.2. The molecule has 1 N–H and O–H groups in total. The van der Waals surface area contributed by atoms with E-state index in [4.69, 9.17) is 9.15 Å². The molecule has 4 rings (SSSR count). The Kier molecular flexibility index (Phi) is 4.34. The lowest BCUT2D eigenvalue weighted by Gasteiger charge is -2.28. The molecule has 1 aromatic carbocycles. The number of anilines is 1. The first-order valence-corrected chi connectivity index (χ1v) is 9.31. The van der Waals surface area contributed by atoms with Crippen LogP contribution in [-0.2, 0) is 19.1 Å². The highest BCUT2D eigenvalue weighted by Gasteiger charge is 2.67. The molecule has 0 aliphatic carbocycles.